The molecule has 0 aliphatic heterocycles. The summed E-state index contributed by atoms with van der Waals surface area (Å²) in [6, 6.07) is 15.1. The summed E-state index contributed by atoms with van der Waals surface area (Å²) in [4.78, 5) is 4.38. The number of aryl methyl sites for hydroxylation is 1. The molecule has 0 saturated carbocycles. The fourth-order valence-corrected chi connectivity index (χ4v) is 2.33. The fraction of sp³-hybridized carbons (Fsp3) is 0.0588. The highest BCUT2D eigenvalue weighted by atomic mass is 79.9. The highest BCUT2D eigenvalue weighted by Gasteiger charge is 2.04. The maximum atomic E-state index is 8.95. The summed E-state index contributed by atoms with van der Waals surface area (Å²) in [5.41, 5.74) is 3.32. The van der Waals surface area contributed by atoms with Crippen molar-refractivity contribution in [3.05, 3.63) is 64.3 Å². The Labute approximate surface area is 147 Å². The summed E-state index contributed by atoms with van der Waals surface area (Å²) in [5, 5.41) is 23.1. The lowest BCUT2D eigenvalue weighted by Crippen LogP contribution is -2.02. The van der Waals surface area contributed by atoms with E-state index in [1.807, 2.05) is 31.2 Å². The van der Waals surface area contributed by atoms with Gasteiger partial charge in [0.1, 0.15) is 0 Å². The molecular weight excluding hydrogens is 368 g/mol. The van der Waals surface area contributed by atoms with Crippen LogP contribution in [0.25, 0.3) is 0 Å². The number of nitrogens with one attached hydrogen (secondary N) is 2. The number of nitrogens with zero attached hydrogens (tertiary/aromatic N) is 4. The van der Waals surface area contributed by atoms with Gasteiger partial charge in [0.2, 0.25) is 5.95 Å². The van der Waals surface area contributed by atoms with Crippen LogP contribution in [0.4, 0.5) is 23.1 Å². The van der Waals surface area contributed by atoms with E-state index in [-0.39, 0.29) is 0 Å². The fourth-order valence-electron chi connectivity index (χ4n) is 2.08. The first kappa shape index (κ1) is 15.9. The van der Waals surface area contributed by atoms with Gasteiger partial charge in [-0.25, -0.2) is 0 Å². The molecule has 7 heteroatoms. The highest BCUT2D eigenvalue weighted by Crippen LogP contribution is 2.22. The Bertz CT molecular complexity index is 919. The van der Waals surface area contributed by atoms with Crippen molar-refractivity contribution in [3.8, 4) is 6.07 Å². The van der Waals surface area contributed by atoms with Crippen molar-refractivity contribution in [2.24, 2.45) is 0 Å². The predicted molar refractivity (Wildman–Crippen MR) is 96.4 cm³/mol. The van der Waals surface area contributed by atoms with Crippen LogP contribution in [0.1, 0.15) is 11.1 Å². The molecule has 0 radical (unpaired) electrons. The van der Waals surface area contributed by atoms with Crippen LogP contribution in [0.2, 0.25) is 0 Å². The number of hydrogen-bond donors (Lipinski definition) is 2. The molecule has 3 rings (SSSR count). The standard InChI is InChI=1S/C17H13BrN6/c1-11-7-14(5-6-15(11)18)22-17-23-16(10-20-24-17)21-13-4-2-3-12(8-13)9-19/h2-8,10H,1H3,(H2,21,22,23,24). The SMILES string of the molecule is Cc1cc(Nc2nncc(Nc3cccc(C#N)c3)n2)ccc1Br. The zero-order valence-corrected chi connectivity index (χ0v) is 14.4. The zero-order valence-electron chi connectivity index (χ0n) is 12.8. The summed E-state index contributed by atoms with van der Waals surface area (Å²) in [6.07, 6.45) is 1.52. The maximum Gasteiger partial charge on any atom is 0.249 e. The smallest absolute Gasteiger partial charge is 0.249 e. The molecule has 2 N–H and O–H groups in total. The summed E-state index contributed by atoms with van der Waals surface area (Å²) in [5.74, 6) is 0.926. The van der Waals surface area contributed by atoms with E-state index in [2.05, 4.69) is 47.8 Å². The second-order valence-corrected chi connectivity index (χ2v) is 5.93. The minimum atomic E-state index is 0.387. The molecule has 0 aliphatic rings. The van der Waals surface area contributed by atoms with Gasteiger partial charge in [-0.3, -0.25) is 0 Å². The van der Waals surface area contributed by atoms with Gasteiger partial charge in [-0.05, 0) is 48.9 Å². The summed E-state index contributed by atoms with van der Waals surface area (Å²) in [6.45, 7) is 2.01. The van der Waals surface area contributed by atoms with Crippen LogP contribution >= 0.6 is 15.9 Å². The van der Waals surface area contributed by atoms with Gasteiger partial charge >= 0.3 is 0 Å². The lowest BCUT2D eigenvalue weighted by molar-refractivity contribution is 0.982. The highest BCUT2D eigenvalue weighted by molar-refractivity contribution is 9.10. The summed E-state index contributed by atoms with van der Waals surface area (Å²) < 4.78 is 1.04. The predicted octanol–water partition coefficient (Wildman–Crippen LogP) is 4.30. The number of aromatic nitrogens is 3. The Balaban J connectivity index is 1.78. The molecule has 1 heterocycles. The Morgan fingerprint density at radius 3 is 2.71 bits per heavy atom. The van der Waals surface area contributed by atoms with E-state index in [1.54, 1.807) is 18.2 Å². The van der Waals surface area contributed by atoms with Crippen LogP contribution in [0, 0.1) is 18.3 Å². The van der Waals surface area contributed by atoms with E-state index in [0.29, 0.717) is 17.3 Å². The van der Waals surface area contributed by atoms with E-state index in [0.717, 1.165) is 21.4 Å². The van der Waals surface area contributed by atoms with E-state index in [4.69, 9.17) is 5.26 Å². The first-order chi connectivity index (χ1) is 11.6. The summed E-state index contributed by atoms with van der Waals surface area (Å²) >= 11 is 3.47. The number of nitriles is 1. The van der Waals surface area contributed by atoms with Crippen molar-refractivity contribution >= 4 is 39.1 Å². The van der Waals surface area contributed by atoms with E-state index >= 15 is 0 Å². The molecule has 24 heavy (non-hydrogen) atoms. The molecule has 118 valence electrons. The largest absolute Gasteiger partial charge is 0.339 e. The summed E-state index contributed by atoms with van der Waals surface area (Å²) in [7, 11) is 0. The third kappa shape index (κ3) is 3.86. The van der Waals surface area contributed by atoms with Crippen LogP contribution in [-0.4, -0.2) is 15.2 Å². The van der Waals surface area contributed by atoms with Gasteiger partial charge in [0.05, 0.1) is 17.8 Å². The molecule has 2 aromatic carbocycles. The maximum absolute atomic E-state index is 8.95. The van der Waals surface area contributed by atoms with Crippen LogP contribution in [0.15, 0.2) is 53.1 Å². The van der Waals surface area contributed by atoms with Crippen molar-refractivity contribution in [2.75, 3.05) is 10.6 Å². The van der Waals surface area contributed by atoms with E-state index in [1.165, 1.54) is 6.20 Å². The lowest BCUT2D eigenvalue weighted by atomic mass is 10.2. The monoisotopic (exact) mass is 380 g/mol. The number of hydrogen-bond acceptors (Lipinski definition) is 6. The van der Waals surface area contributed by atoms with Gasteiger partial charge in [-0.2, -0.15) is 15.3 Å². The Kier molecular flexibility index (Phi) is 4.68. The normalized spacial score (nSPS) is 10.0. The third-order valence-corrected chi connectivity index (χ3v) is 4.13. The first-order valence-electron chi connectivity index (χ1n) is 7.14. The second kappa shape index (κ2) is 7.06. The van der Waals surface area contributed by atoms with Crippen molar-refractivity contribution in [2.45, 2.75) is 6.92 Å². The topological polar surface area (TPSA) is 86.5 Å². The van der Waals surface area contributed by atoms with Gasteiger partial charge in [-0.1, -0.05) is 22.0 Å². The molecule has 0 bridgehead atoms. The Hall–Kier alpha value is -2.98. The van der Waals surface area contributed by atoms with Crippen LogP contribution < -0.4 is 10.6 Å². The van der Waals surface area contributed by atoms with Crippen molar-refractivity contribution in [1.29, 1.82) is 5.26 Å². The molecule has 0 amide bonds. The molecule has 0 aliphatic carbocycles. The molecule has 0 spiro atoms. The molecular formula is C17H13BrN6. The molecule has 0 fully saturated rings. The van der Waals surface area contributed by atoms with Gasteiger partial charge in [0, 0.05) is 15.8 Å². The number of halogens is 1. The molecule has 0 atom stereocenters. The molecule has 3 aromatic rings. The van der Waals surface area contributed by atoms with Crippen LogP contribution in [0.5, 0.6) is 0 Å². The van der Waals surface area contributed by atoms with Crippen LogP contribution in [0.3, 0.4) is 0 Å². The van der Waals surface area contributed by atoms with E-state index < -0.39 is 0 Å². The Morgan fingerprint density at radius 1 is 1.08 bits per heavy atom. The van der Waals surface area contributed by atoms with Gasteiger partial charge in [0.15, 0.2) is 5.82 Å². The van der Waals surface area contributed by atoms with Crippen molar-refractivity contribution in [1.82, 2.24) is 15.2 Å². The van der Waals surface area contributed by atoms with Gasteiger partial charge in [0.25, 0.3) is 0 Å². The molecule has 0 saturated heterocycles. The lowest BCUT2D eigenvalue weighted by Gasteiger charge is -2.09. The van der Waals surface area contributed by atoms with Crippen LogP contribution in [-0.2, 0) is 0 Å². The first-order valence-corrected chi connectivity index (χ1v) is 7.93. The average Bonchev–Trinajstić information content (AvgIpc) is 2.59. The van der Waals surface area contributed by atoms with Gasteiger partial charge < -0.3 is 10.6 Å². The zero-order chi connectivity index (χ0) is 16.9. The van der Waals surface area contributed by atoms with Crippen molar-refractivity contribution < 1.29 is 0 Å². The minimum Gasteiger partial charge on any atom is -0.339 e. The van der Waals surface area contributed by atoms with E-state index in [9.17, 15) is 0 Å². The number of rotatable bonds is 4. The third-order valence-electron chi connectivity index (χ3n) is 3.24. The average molecular weight is 381 g/mol. The number of benzene rings is 2. The molecule has 1 aromatic heterocycles. The Morgan fingerprint density at radius 2 is 1.92 bits per heavy atom. The second-order valence-electron chi connectivity index (χ2n) is 5.07. The minimum absolute atomic E-state index is 0.387. The van der Waals surface area contributed by atoms with Crippen molar-refractivity contribution in [3.63, 3.8) is 0 Å². The van der Waals surface area contributed by atoms with Gasteiger partial charge in [-0.15, -0.1) is 5.10 Å². The molecule has 6 nitrogen and oxygen atoms in total. The quantitative estimate of drug-likeness (QED) is 0.701. The molecule has 0 unspecified atom stereocenters. The number of anilines is 4.